The molecule has 2 heteroatoms. The zero-order chi connectivity index (χ0) is 12.6. The number of rotatable bonds is 3. The topological polar surface area (TPSA) is 29.1 Å². The maximum atomic E-state index is 12.1. The Labute approximate surface area is 104 Å². The molecule has 1 aliphatic heterocycles. The Morgan fingerprint density at radius 2 is 2.18 bits per heavy atom. The molecule has 2 aliphatic rings. The summed E-state index contributed by atoms with van der Waals surface area (Å²) in [4.78, 5) is 12.1. The summed E-state index contributed by atoms with van der Waals surface area (Å²) in [6.45, 7) is 9.39. The molecule has 2 rings (SSSR count). The molecular formula is C15H23NO. The fourth-order valence-corrected chi connectivity index (χ4v) is 2.93. The largest absolute Gasteiger partial charge is 0.351 e. The molecule has 0 aromatic carbocycles. The molecule has 1 atom stereocenters. The van der Waals surface area contributed by atoms with Gasteiger partial charge >= 0.3 is 0 Å². The van der Waals surface area contributed by atoms with Gasteiger partial charge in [-0.1, -0.05) is 19.9 Å². The van der Waals surface area contributed by atoms with Gasteiger partial charge in [-0.25, -0.2) is 0 Å². The zero-order valence-corrected chi connectivity index (χ0v) is 11.4. The van der Waals surface area contributed by atoms with E-state index < -0.39 is 0 Å². The minimum atomic E-state index is 0.133. The third-order valence-corrected chi connectivity index (χ3v) is 4.44. The van der Waals surface area contributed by atoms with Crippen molar-refractivity contribution in [2.24, 2.45) is 11.3 Å². The Morgan fingerprint density at radius 3 is 2.65 bits per heavy atom. The second kappa shape index (κ2) is 4.32. The fraction of sp³-hybridized carbons (Fsp3) is 0.667. The highest BCUT2D eigenvalue weighted by atomic mass is 16.1. The molecule has 0 saturated heterocycles. The van der Waals surface area contributed by atoms with E-state index in [9.17, 15) is 4.79 Å². The smallest absolute Gasteiger partial charge is 0.251 e. The number of carbonyl (C=O) groups excluding carboxylic acids is 1. The lowest BCUT2D eigenvalue weighted by Gasteiger charge is -2.33. The molecule has 17 heavy (non-hydrogen) atoms. The van der Waals surface area contributed by atoms with Gasteiger partial charge in [0.15, 0.2) is 0 Å². The average molecular weight is 233 g/mol. The minimum absolute atomic E-state index is 0.133. The van der Waals surface area contributed by atoms with Crippen molar-refractivity contribution in [2.75, 3.05) is 6.54 Å². The highest BCUT2D eigenvalue weighted by molar-refractivity contribution is 6.00. The Balaban J connectivity index is 2.55. The molecule has 1 fully saturated rings. The van der Waals surface area contributed by atoms with Crippen molar-refractivity contribution < 1.29 is 4.79 Å². The predicted octanol–water partition coefficient (Wildman–Crippen LogP) is 3.21. The summed E-state index contributed by atoms with van der Waals surface area (Å²) in [5, 5.41) is 3.07. The van der Waals surface area contributed by atoms with Crippen LogP contribution < -0.4 is 5.32 Å². The molecular weight excluding hydrogens is 210 g/mol. The van der Waals surface area contributed by atoms with Crippen LogP contribution in [0.15, 0.2) is 22.8 Å². The molecule has 0 aromatic rings. The number of hydrogen-bond donors (Lipinski definition) is 1. The highest BCUT2D eigenvalue weighted by Gasteiger charge is 2.51. The van der Waals surface area contributed by atoms with Crippen molar-refractivity contribution in [1.29, 1.82) is 0 Å². The van der Waals surface area contributed by atoms with E-state index in [1.807, 2.05) is 6.92 Å². The van der Waals surface area contributed by atoms with E-state index in [1.165, 1.54) is 18.4 Å². The third kappa shape index (κ3) is 1.94. The van der Waals surface area contributed by atoms with Gasteiger partial charge in [-0.3, -0.25) is 4.79 Å². The van der Waals surface area contributed by atoms with Crippen LogP contribution in [0, 0.1) is 11.3 Å². The summed E-state index contributed by atoms with van der Waals surface area (Å²) in [5.74, 6) is 0.655. The first-order chi connectivity index (χ1) is 8.05. The second-order valence-electron chi connectivity index (χ2n) is 5.53. The quantitative estimate of drug-likeness (QED) is 0.797. The van der Waals surface area contributed by atoms with Gasteiger partial charge in [0.05, 0.1) is 0 Å². The van der Waals surface area contributed by atoms with Crippen LogP contribution in [0.4, 0.5) is 0 Å². The molecule has 0 aromatic heterocycles. The van der Waals surface area contributed by atoms with Gasteiger partial charge in [0.25, 0.3) is 5.91 Å². The standard InChI is InChI=1S/C15H23NO/c1-5-10(3)12-13(11(4)6-2)15(7-8-15)9-16-14(12)17/h5,11H,6-9H2,1-4H3,(H,16,17)/b10-5-. The Bertz CT molecular complexity index is 399. The average Bonchev–Trinajstić information content (AvgIpc) is 3.10. The van der Waals surface area contributed by atoms with Crippen LogP contribution in [-0.2, 0) is 4.79 Å². The maximum Gasteiger partial charge on any atom is 0.251 e. The summed E-state index contributed by atoms with van der Waals surface area (Å²) in [7, 11) is 0. The lowest BCUT2D eigenvalue weighted by Crippen LogP contribution is -2.40. The lowest BCUT2D eigenvalue weighted by molar-refractivity contribution is -0.118. The van der Waals surface area contributed by atoms with Gasteiger partial charge in [-0.2, -0.15) is 0 Å². The normalized spacial score (nSPS) is 24.9. The Morgan fingerprint density at radius 1 is 1.53 bits per heavy atom. The summed E-state index contributed by atoms with van der Waals surface area (Å²) in [6.07, 6.45) is 5.66. The summed E-state index contributed by atoms with van der Waals surface area (Å²) < 4.78 is 0. The highest BCUT2D eigenvalue weighted by Crippen LogP contribution is 2.57. The maximum absolute atomic E-state index is 12.1. The molecule has 1 heterocycles. The Kier molecular flexibility index (Phi) is 3.15. The molecule has 1 aliphatic carbocycles. The third-order valence-electron chi connectivity index (χ3n) is 4.44. The second-order valence-corrected chi connectivity index (χ2v) is 5.53. The van der Waals surface area contributed by atoms with E-state index in [0.717, 1.165) is 24.1 Å². The van der Waals surface area contributed by atoms with E-state index in [-0.39, 0.29) is 5.91 Å². The molecule has 1 N–H and O–H groups in total. The molecule has 1 unspecified atom stereocenters. The van der Waals surface area contributed by atoms with Gasteiger partial charge in [0, 0.05) is 17.5 Å². The van der Waals surface area contributed by atoms with E-state index in [4.69, 9.17) is 0 Å². The summed E-state index contributed by atoms with van der Waals surface area (Å²) in [5.41, 5.74) is 3.84. The molecule has 1 spiro atoms. The number of allylic oxidation sites excluding steroid dienone is 1. The SMILES string of the molecule is C/C=C(/C)C1=C(C(C)CC)C2(CC2)CNC1=O. The Hall–Kier alpha value is -1.05. The molecule has 0 radical (unpaired) electrons. The number of hydrogen-bond acceptors (Lipinski definition) is 1. The van der Waals surface area contributed by atoms with Crippen molar-refractivity contribution in [2.45, 2.75) is 47.0 Å². The van der Waals surface area contributed by atoms with Gasteiger partial charge < -0.3 is 5.32 Å². The van der Waals surface area contributed by atoms with E-state index in [1.54, 1.807) is 0 Å². The molecule has 0 bridgehead atoms. The number of amides is 1. The van der Waals surface area contributed by atoms with Crippen LogP contribution in [0.1, 0.15) is 47.0 Å². The van der Waals surface area contributed by atoms with Crippen LogP contribution in [0.2, 0.25) is 0 Å². The monoisotopic (exact) mass is 233 g/mol. The first-order valence-electron chi connectivity index (χ1n) is 6.72. The summed E-state index contributed by atoms with van der Waals surface area (Å²) in [6, 6.07) is 0. The van der Waals surface area contributed by atoms with Gasteiger partial charge in [-0.05, 0) is 50.2 Å². The van der Waals surface area contributed by atoms with Crippen molar-refractivity contribution in [3.63, 3.8) is 0 Å². The number of carbonyl (C=O) groups is 1. The molecule has 1 saturated carbocycles. The van der Waals surface area contributed by atoms with Gasteiger partial charge in [-0.15, -0.1) is 0 Å². The van der Waals surface area contributed by atoms with Crippen molar-refractivity contribution in [3.05, 3.63) is 22.8 Å². The van der Waals surface area contributed by atoms with Crippen LogP contribution in [0.5, 0.6) is 0 Å². The van der Waals surface area contributed by atoms with Crippen molar-refractivity contribution in [3.8, 4) is 0 Å². The molecule has 2 nitrogen and oxygen atoms in total. The summed E-state index contributed by atoms with van der Waals surface area (Å²) >= 11 is 0. The lowest BCUT2D eigenvalue weighted by atomic mass is 9.77. The first kappa shape index (κ1) is 12.4. The van der Waals surface area contributed by atoms with Crippen LogP contribution in [-0.4, -0.2) is 12.5 Å². The van der Waals surface area contributed by atoms with Crippen LogP contribution in [0.3, 0.4) is 0 Å². The number of nitrogens with one attached hydrogen (secondary N) is 1. The van der Waals surface area contributed by atoms with Gasteiger partial charge in [0.1, 0.15) is 0 Å². The fourth-order valence-electron chi connectivity index (χ4n) is 2.93. The zero-order valence-electron chi connectivity index (χ0n) is 11.4. The van der Waals surface area contributed by atoms with Gasteiger partial charge in [0.2, 0.25) is 0 Å². The molecule has 94 valence electrons. The van der Waals surface area contributed by atoms with E-state index in [2.05, 4.69) is 32.2 Å². The first-order valence-corrected chi connectivity index (χ1v) is 6.72. The van der Waals surface area contributed by atoms with Crippen LogP contribution >= 0.6 is 0 Å². The van der Waals surface area contributed by atoms with Crippen molar-refractivity contribution >= 4 is 5.91 Å². The van der Waals surface area contributed by atoms with Crippen molar-refractivity contribution in [1.82, 2.24) is 5.32 Å². The van der Waals surface area contributed by atoms with Crippen LogP contribution in [0.25, 0.3) is 0 Å². The minimum Gasteiger partial charge on any atom is -0.351 e. The van der Waals surface area contributed by atoms with E-state index >= 15 is 0 Å². The van der Waals surface area contributed by atoms with E-state index in [0.29, 0.717) is 11.3 Å². The predicted molar refractivity (Wildman–Crippen MR) is 70.6 cm³/mol. The molecule has 1 amide bonds.